The Morgan fingerprint density at radius 3 is 2.30 bits per heavy atom. The Labute approximate surface area is 123 Å². The summed E-state index contributed by atoms with van der Waals surface area (Å²) in [5.74, 6) is -2.23. The smallest absolute Gasteiger partial charge is 0.324 e. The molecule has 1 aromatic carbocycles. The van der Waals surface area contributed by atoms with Crippen molar-refractivity contribution in [1.82, 2.24) is 5.32 Å². The molecule has 0 saturated carbocycles. The molecule has 0 heterocycles. The molecule has 0 saturated heterocycles. The number of hydrogen-bond acceptors (Lipinski definition) is 4. The lowest BCUT2D eigenvalue weighted by Crippen LogP contribution is -2.41. The lowest BCUT2D eigenvalue weighted by Gasteiger charge is -2.19. The third-order valence-corrected chi connectivity index (χ3v) is 3.74. The van der Waals surface area contributed by atoms with Crippen molar-refractivity contribution in [2.45, 2.75) is 31.2 Å². The summed E-state index contributed by atoms with van der Waals surface area (Å²) in [7, 11) is -4.75. The van der Waals surface area contributed by atoms with E-state index in [1.807, 2.05) is 0 Å². The first-order valence-electron chi connectivity index (χ1n) is 5.33. The van der Waals surface area contributed by atoms with Gasteiger partial charge in [-0.1, -0.05) is 0 Å². The number of benzene rings is 1. The Hall–Kier alpha value is -1.22. The highest BCUT2D eigenvalue weighted by Gasteiger charge is 2.27. The third kappa shape index (κ3) is 4.41. The molecule has 0 radical (unpaired) electrons. The fourth-order valence-electron chi connectivity index (χ4n) is 1.17. The summed E-state index contributed by atoms with van der Waals surface area (Å²) in [6.45, 7) is 4.79. The van der Waals surface area contributed by atoms with Crippen molar-refractivity contribution in [2.24, 2.45) is 0 Å². The number of amides is 1. The average Bonchev–Trinajstić information content (AvgIpc) is 2.19. The van der Waals surface area contributed by atoms with Crippen LogP contribution in [0.3, 0.4) is 0 Å². The molecule has 1 N–H and O–H groups in total. The molecule has 0 bridgehead atoms. The Morgan fingerprint density at radius 1 is 1.25 bits per heavy atom. The van der Waals surface area contributed by atoms with Gasteiger partial charge >= 0.3 is 16.2 Å². The molecule has 20 heavy (non-hydrogen) atoms. The normalized spacial score (nSPS) is 12.1. The largest absolute Gasteiger partial charge is 0.423 e. The summed E-state index contributed by atoms with van der Waals surface area (Å²) in [4.78, 5) is 10.3. The monoisotopic (exact) mass is 371 g/mol. The Bertz CT molecular complexity index is 641. The second kappa shape index (κ2) is 5.65. The van der Waals surface area contributed by atoms with E-state index in [-0.39, 0.29) is 4.47 Å². The van der Waals surface area contributed by atoms with E-state index in [1.165, 1.54) is 0 Å². The second-order valence-electron chi connectivity index (χ2n) is 4.90. The highest BCUT2D eigenvalue weighted by molar-refractivity contribution is 9.10. The maximum absolute atomic E-state index is 13.5. The molecule has 0 atom stereocenters. The van der Waals surface area contributed by atoms with E-state index in [9.17, 15) is 22.0 Å². The maximum Gasteiger partial charge on any atom is 0.423 e. The SMILES string of the molecule is CC(C)(C)NC(=O)OS(=O)(=O)c1cc(F)c(Br)cc1F. The van der Waals surface area contributed by atoms with Crippen LogP contribution >= 0.6 is 15.9 Å². The fraction of sp³-hybridized carbons (Fsp3) is 0.364. The van der Waals surface area contributed by atoms with Gasteiger partial charge in [-0.05, 0) is 42.8 Å². The van der Waals surface area contributed by atoms with Gasteiger partial charge in [-0.25, -0.2) is 13.6 Å². The van der Waals surface area contributed by atoms with Gasteiger partial charge in [0.25, 0.3) is 0 Å². The van der Waals surface area contributed by atoms with E-state index in [0.29, 0.717) is 12.1 Å². The molecule has 0 aromatic heterocycles. The van der Waals surface area contributed by atoms with Crippen molar-refractivity contribution in [1.29, 1.82) is 0 Å². The summed E-state index contributed by atoms with van der Waals surface area (Å²) in [5.41, 5.74) is -0.740. The Kier molecular flexibility index (Phi) is 4.75. The average molecular weight is 372 g/mol. The minimum absolute atomic E-state index is 0.243. The molecule has 0 aliphatic rings. The summed E-state index contributed by atoms with van der Waals surface area (Å²) >= 11 is 2.71. The molecular weight excluding hydrogens is 360 g/mol. The van der Waals surface area contributed by atoms with Crippen molar-refractivity contribution in [3.8, 4) is 0 Å². The zero-order valence-corrected chi connectivity index (χ0v) is 13.2. The van der Waals surface area contributed by atoms with Crippen LogP contribution in [0.5, 0.6) is 0 Å². The van der Waals surface area contributed by atoms with Crippen LogP contribution in [0.1, 0.15) is 20.8 Å². The van der Waals surface area contributed by atoms with Gasteiger partial charge in [0.05, 0.1) is 4.47 Å². The predicted molar refractivity (Wildman–Crippen MR) is 70.6 cm³/mol. The van der Waals surface area contributed by atoms with Gasteiger partial charge < -0.3 is 9.50 Å². The van der Waals surface area contributed by atoms with E-state index in [4.69, 9.17) is 0 Å². The zero-order valence-electron chi connectivity index (χ0n) is 10.8. The quantitative estimate of drug-likeness (QED) is 0.640. The van der Waals surface area contributed by atoms with Crippen LogP contribution in [0.15, 0.2) is 21.5 Å². The van der Waals surface area contributed by atoms with Crippen molar-refractivity contribution in [3.63, 3.8) is 0 Å². The van der Waals surface area contributed by atoms with E-state index >= 15 is 0 Å². The number of carbonyl (C=O) groups excluding carboxylic acids is 1. The van der Waals surface area contributed by atoms with Gasteiger partial charge in [0.1, 0.15) is 16.5 Å². The molecule has 9 heteroatoms. The minimum Gasteiger partial charge on any atom is -0.324 e. The minimum atomic E-state index is -4.75. The van der Waals surface area contributed by atoms with Crippen LogP contribution in [0.2, 0.25) is 0 Å². The highest BCUT2D eigenvalue weighted by Crippen LogP contribution is 2.24. The molecular formula is C11H12BrF2NO4S. The van der Waals surface area contributed by atoms with Gasteiger partial charge in [0.2, 0.25) is 0 Å². The second-order valence-corrected chi connectivity index (χ2v) is 7.27. The van der Waals surface area contributed by atoms with Crippen molar-refractivity contribution in [3.05, 3.63) is 28.2 Å². The molecule has 0 aliphatic carbocycles. The van der Waals surface area contributed by atoms with Gasteiger partial charge in [0, 0.05) is 11.6 Å². The first-order valence-corrected chi connectivity index (χ1v) is 7.54. The summed E-state index contributed by atoms with van der Waals surface area (Å²) < 4.78 is 54.1. The number of carbonyl (C=O) groups is 1. The highest BCUT2D eigenvalue weighted by atomic mass is 79.9. The van der Waals surface area contributed by atoms with Crippen LogP contribution in [-0.2, 0) is 14.3 Å². The van der Waals surface area contributed by atoms with Crippen LogP contribution in [-0.4, -0.2) is 20.0 Å². The molecule has 0 spiro atoms. The fourth-order valence-corrected chi connectivity index (χ4v) is 2.36. The molecule has 0 fully saturated rings. The molecule has 1 rings (SSSR count). The summed E-state index contributed by atoms with van der Waals surface area (Å²) in [6, 6.07) is 1.06. The van der Waals surface area contributed by atoms with Crippen LogP contribution in [0, 0.1) is 11.6 Å². The molecule has 0 aliphatic heterocycles. The number of halogens is 3. The zero-order chi connectivity index (χ0) is 15.7. The first-order chi connectivity index (χ1) is 8.92. The van der Waals surface area contributed by atoms with Gasteiger partial charge in [-0.15, -0.1) is 0 Å². The first kappa shape index (κ1) is 16.8. The number of rotatable bonds is 2. The summed E-state index contributed by atoms with van der Waals surface area (Å²) in [6.07, 6.45) is -1.28. The van der Waals surface area contributed by atoms with E-state index < -0.39 is 38.3 Å². The Balaban J connectivity index is 3.07. The Morgan fingerprint density at radius 2 is 1.80 bits per heavy atom. The van der Waals surface area contributed by atoms with Crippen molar-refractivity contribution < 1.29 is 26.2 Å². The lowest BCUT2D eigenvalue weighted by atomic mass is 10.1. The van der Waals surface area contributed by atoms with Crippen molar-refractivity contribution >= 4 is 32.1 Å². The van der Waals surface area contributed by atoms with E-state index in [0.717, 1.165) is 0 Å². The topological polar surface area (TPSA) is 72.5 Å². The van der Waals surface area contributed by atoms with E-state index in [2.05, 4.69) is 25.4 Å². The molecule has 0 unspecified atom stereocenters. The lowest BCUT2D eigenvalue weighted by molar-refractivity contribution is 0.192. The third-order valence-electron chi connectivity index (χ3n) is 1.91. The van der Waals surface area contributed by atoms with Crippen LogP contribution in [0.4, 0.5) is 13.6 Å². The van der Waals surface area contributed by atoms with Crippen molar-refractivity contribution in [2.75, 3.05) is 0 Å². The standard InChI is InChI=1S/C11H12BrF2NO4S/c1-11(2,3)15-10(16)19-20(17,18)9-5-7(13)6(12)4-8(9)14/h4-5H,1-3H3,(H,15,16). The number of nitrogens with one attached hydrogen (secondary N) is 1. The van der Waals surface area contributed by atoms with Crippen LogP contribution in [0.25, 0.3) is 0 Å². The molecule has 5 nitrogen and oxygen atoms in total. The van der Waals surface area contributed by atoms with Gasteiger partial charge in [-0.2, -0.15) is 8.42 Å². The van der Waals surface area contributed by atoms with E-state index in [1.54, 1.807) is 20.8 Å². The van der Waals surface area contributed by atoms with Crippen LogP contribution < -0.4 is 5.32 Å². The molecule has 1 aromatic rings. The maximum atomic E-state index is 13.5. The molecule has 112 valence electrons. The summed E-state index contributed by atoms with van der Waals surface area (Å²) in [5, 5.41) is 2.22. The van der Waals surface area contributed by atoms with Gasteiger partial charge in [0.15, 0.2) is 0 Å². The molecule has 1 amide bonds. The van der Waals surface area contributed by atoms with Gasteiger partial charge in [-0.3, -0.25) is 0 Å². The predicted octanol–water partition coefficient (Wildman–Crippen LogP) is 2.94. The number of hydrogen-bond donors (Lipinski definition) is 1.